The van der Waals surface area contributed by atoms with Gasteiger partial charge in [-0.05, 0) is 44.4 Å². The summed E-state index contributed by atoms with van der Waals surface area (Å²) < 4.78 is 33.8. The topological polar surface area (TPSA) is 149 Å². The highest BCUT2D eigenvalue weighted by Crippen LogP contribution is 2.38. The molecule has 0 radical (unpaired) electrons. The predicted octanol–water partition coefficient (Wildman–Crippen LogP) is 2.72. The van der Waals surface area contributed by atoms with Gasteiger partial charge in [0.05, 0.1) is 11.4 Å². The molecule has 1 aromatic carbocycles. The predicted molar refractivity (Wildman–Crippen MR) is 97.1 cm³/mol. The van der Waals surface area contributed by atoms with Crippen LogP contribution in [0.25, 0.3) is 11.1 Å². The van der Waals surface area contributed by atoms with Gasteiger partial charge >= 0.3 is 0 Å². The van der Waals surface area contributed by atoms with E-state index in [1.807, 2.05) is 0 Å². The molecule has 10 heteroatoms. The summed E-state index contributed by atoms with van der Waals surface area (Å²) in [6.45, 7) is 3.53. The Morgan fingerprint density at radius 1 is 1.27 bits per heavy atom. The van der Waals surface area contributed by atoms with Crippen LogP contribution in [0.1, 0.15) is 37.1 Å². The molecule has 140 valence electrons. The largest absolute Gasteiger partial charge is 0.396 e. The second-order valence-electron chi connectivity index (χ2n) is 6.42. The molecule has 1 aliphatic rings. The second-order valence-corrected chi connectivity index (χ2v) is 8.11. The molecule has 0 saturated heterocycles. The van der Waals surface area contributed by atoms with Crippen molar-refractivity contribution in [3.8, 4) is 11.1 Å². The van der Waals surface area contributed by atoms with Crippen molar-refractivity contribution < 1.29 is 12.9 Å². The molecule has 0 bridgehead atoms. The number of nitrogens with one attached hydrogen (secondary N) is 1. The summed E-state index contributed by atoms with van der Waals surface area (Å²) >= 11 is 0. The monoisotopic (exact) mass is 378 g/mol. The Hall–Kier alpha value is -2.46. The number of nitrogens with two attached hydrogens (primary N) is 2. The summed E-state index contributed by atoms with van der Waals surface area (Å²) in [7, 11) is -3.82. The van der Waals surface area contributed by atoms with Gasteiger partial charge in [0.1, 0.15) is 16.3 Å². The van der Waals surface area contributed by atoms with Crippen LogP contribution < -0.4 is 16.3 Å². The lowest BCUT2D eigenvalue weighted by Crippen LogP contribution is -2.33. The third-order valence-electron chi connectivity index (χ3n) is 4.57. The van der Waals surface area contributed by atoms with E-state index < -0.39 is 10.0 Å². The Bertz CT molecular complexity index is 926. The van der Waals surface area contributed by atoms with Crippen LogP contribution in [0, 0.1) is 13.8 Å². The van der Waals surface area contributed by atoms with Gasteiger partial charge in [-0.2, -0.15) is 0 Å². The Morgan fingerprint density at radius 2 is 1.96 bits per heavy atom. The van der Waals surface area contributed by atoms with E-state index in [-0.39, 0.29) is 22.3 Å². The average molecular weight is 378 g/mol. The fourth-order valence-electron chi connectivity index (χ4n) is 3.35. The molecule has 1 aromatic heterocycles. The van der Waals surface area contributed by atoms with Crippen LogP contribution in [0.5, 0.6) is 0 Å². The van der Waals surface area contributed by atoms with Gasteiger partial charge in [-0.25, -0.2) is 13.1 Å². The molecule has 0 amide bonds. The Balaban J connectivity index is 2.14. The van der Waals surface area contributed by atoms with Gasteiger partial charge in [0, 0.05) is 11.6 Å². The lowest BCUT2D eigenvalue weighted by Gasteiger charge is -2.16. The number of sulfonamides is 1. The van der Waals surface area contributed by atoms with Crippen LogP contribution in [-0.4, -0.2) is 19.6 Å². The number of anilines is 1. The molecule has 1 heterocycles. The van der Waals surface area contributed by atoms with E-state index in [9.17, 15) is 8.42 Å². The van der Waals surface area contributed by atoms with Crippen molar-refractivity contribution in [3.63, 3.8) is 0 Å². The number of hydrogen-bond donors (Lipinski definition) is 3. The van der Waals surface area contributed by atoms with Crippen molar-refractivity contribution >= 4 is 21.4 Å². The van der Waals surface area contributed by atoms with Crippen LogP contribution >= 0.6 is 0 Å². The first-order valence-electron chi connectivity index (χ1n) is 8.33. The zero-order valence-corrected chi connectivity index (χ0v) is 15.5. The van der Waals surface area contributed by atoms with Crippen molar-refractivity contribution in [2.75, 3.05) is 5.73 Å². The van der Waals surface area contributed by atoms with Crippen LogP contribution in [0.4, 0.5) is 11.4 Å². The zero-order valence-electron chi connectivity index (χ0n) is 14.7. The van der Waals surface area contributed by atoms with E-state index in [0.717, 1.165) is 25.7 Å². The maximum absolute atomic E-state index is 12.9. The summed E-state index contributed by atoms with van der Waals surface area (Å²) in [5.41, 5.74) is 8.14. The molecule has 0 unspecified atom stereocenters. The van der Waals surface area contributed by atoms with Gasteiger partial charge in [-0.3, -0.25) is 0 Å². The third kappa shape index (κ3) is 3.42. The van der Waals surface area contributed by atoms with Crippen LogP contribution in [0.15, 0.2) is 31.9 Å². The van der Waals surface area contributed by atoms with Gasteiger partial charge in [0.2, 0.25) is 10.0 Å². The van der Waals surface area contributed by atoms with Gasteiger partial charge < -0.3 is 16.1 Å². The quantitative estimate of drug-likeness (QED) is 0.315. The minimum absolute atomic E-state index is 0.000192. The maximum atomic E-state index is 12.9. The molecule has 0 spiro atoms. The molecule has 1 saturated carbocycles. The third-order valence-corrected chi connectivity index (χ3v) is 6.13. The number of benzene rings is 1. The molecule has 9 nitrogen and oxygen atoms in total. The molecular weight excluding hydrogens is 356 g/mol. The van der Waals surface area contributed by atoms with Crippen molar-refractivity contribution in [1.82, 2.24) is 9.88 Å². The maximum Gasteiger partial charge on any atom is 0.242 e. The van der Waals surface area contributed by atoms with Gasteiger partial charge in [-0.15, -0.1) is 5.11 Å². The molecule has 1 aliphatic carbocycles. The van der Waals surface area contributed by atoms with Crippen LogP contribution in [0.3, 0.4) is 0 Å². The van der Waals surface area contributed by atoms with E-state index >= 15 is 0 Å². The smallest absolute Gasteiger partial charge is 0.242 e. The van der Waals surface area contributed by atoms with Crippen LogP contribution in [0.2, 0.25) is 0 Å². The average Bonchev–Trinajstić information content (AvgIpc) is 3.19. The Labute approximate surface area is 151 Å². The molecular formula is C16H22N6O3S. The van der Waals surface area contributed by atoms with E-state index in [2.05, 4.69) is 20.2 Å². The number of nitrogens with zero attached hydrogens (tertiary/aromatic N) is 3. The van der Waals surface area contributed by atoms with Gasteiger partial charge in [0.25, 0.3) is 0 Å². The number of aromatic nitrogens is 1. The highest BCUT2D eigenvalue weighted by Gasteiger charge is 2.27. The molecule has 26 heavy (non-hydrogen) atoms. The molecule has 1 fully saturated rings. The lowest BCUT2D eigenvalue weighted by atomic mass is 10.0. The molecule has 2 aromatic rings. The summed E-state index contributed by atoms with van der Waals surface area (Å²) in [4.78, 5) is -0.0516. The lowest BCUT2D eigenvalue weighted by molar-refractivity contribution is 0.393. The summed E-state index contributed by atoms with van der Waals surface area (Å²) in [6.07, 6.45) is 3.65. The number of nitrogen functional groups attached to an aromatic ring is 1. The van der Waals surface area contributed by atoms with Crippen molar-refractivity contribution in [2.24, 2.45) is 16.2 Å². The standard InChI is InChI=1S/C16H22N6O3S/c1-9-15(10(2)25-20-9)11-7-13(19-22-18)16(17)14(8-11)26(23,24)21-12-5-3-4-6-12/h7-8,12,21H,3-6,17H2,1-2H3,(H2,18,19). The number of hydrogen-bond acceptors (Lipinski definition) is 7. The zero-order chi connectivity index (χ0) is 18.9. The highest BCUT2D eigenvalue weighted by atomic mass is 32.2. The Morgan fingerprint density at radius 3 is 2.54 bits per heavy atom. The molecule has 0 aliphatic heterocycles. The minimum atomic E-state index is -3.82. The summed E-state index contributed by atoms with van der Waals surface area (Å²) in [6, 6.07) is 3.04. The summed E-state index contributed by atoms with van der Waals surface area (Å²) in [5.74, 6) is 5.72. The van der Waals surface area contributed by atoms with Gasteiger partial charge in [0.15, 0.2) is 0 Å². The van der Waals surface area contributed by atoms with Gasteiger partial charge in [-0.1, -0.05) is 23.2 Å². The second kappa shape index (κ2) is 7.04. The minimum Gasteiger partial charge on any atom is -0.396 e. The Kier molecular flexibility index (Phi) is 4.97. The van der Waals surface area contributed by atoms with E-state index in [0.29, 0.717) is 22.6 Å². The molecule has 3 rings (SSSR count). The SMILES string of the molecule is Cc1noc(C)c1-c1cc(N=NN)c(N)c(S(=O)(=O)NC2CCCC2)c1. The summed E-state index contributed by atoms with van der Waals surface area (Å²) in [5, 5.41) is 10.9. The number of aryl methyl sites for hydroxylation is 2. The first-order valence-corrected chi connectivity index (χ1v) is 9.82. The molecule has 0 atom stereocenters. The van der Waals surface area contributed by atoms with Crippen LogP contribution in [-0.2, 0) is 10.0 Å². The first-order chi connectivity index (χ1) is 12.3. The fourth-order valence-corrected chi connectivity index (χ4v) is 4.82. The van der Waals surface area contributed by atoms with Crippen molar-refractivity contribution in [2.45, 2.75) is 50.5 Å². The number of rotatable bonds is 5. The highest BCUT2D eigenvalue weighted by molar-refractivity contribution is 7.89. The van der Waals surface area contributed by atoms with Crippen molar-refractivity contribution in [3.05, 3.63) is 23.6 Å². The first kappa shape index (κ1) is 18.3. The van der Waals surface area contributed by atoms with E-state index in [1.54, 1.807) is 19.9 Å². The normalized spacial score (nSPS) is 15.9. The fraction of sp³-hybridized carbons (Fsp3) is 0.438. The van der Waals surface area contributed by atoms with Crippen molar-refractivity contribution in [1.29, 1.82) is 0 Å². The van der Waals surface area contributed by atoms with E-state index in [1.165, 1.54) is 6.07 Å². The molecule has 5 N–H and O–H groups in total. The van der Waals surface area contributed by atoms with E-state index in [4.69, 9.17) is 16.1 Å².